The monoisotopic (exact) mass is 361 g/mol. The number of likely N-dealkylation sites (N-methyl/N-ethyl adjacent to an activating group) is 1. The molecule has 146 valence electrons. The van der Waals surface area contributed by atoms with Crippen molar-refractivity contribution in [3.8, 4) is 0 Å². The van der Waals surface area contributed by atoms with Crippen molar-refractivity contribution >= 4 is 5.91 Å². The topological polar surface area (TPSA) is 44.6 Å². The van der Waals surface area contributed by atoms with E-state index in [0.717, 1.165) is 71.7 Å². The van der Waals surface area contributed by atoms with E-state index in [4.69, 9.17) is 0 Å². The van der Waals surface area contributed by atoms with Crippen LogP contribution >= 0.6 is 0 Å². The number of carbonyl (C=O) groups is 1. The minimum absolute atomic E-state index is 0.369. The number of carbonyl (C=O) groups excluding carboxylic acids is 1. The van der Waals surface area contributed by atoms with Crippen molar-refractivity contribution in [3.05, 3.63) is 18.2 Å². The fourth-order valence-electron chi connectivity index (χ4n) is 4.21. The quantitative estimate of drug-likeness (QED) is 0.746. The summed E-state index contributed by atoms with van der Waals surface area (Å²) in [5.74, 6) is 2.25. The van der Waals surface area contributed by atoms with Gasteiger partial charge in [-0.15, -0.1) is 0 Å². The van der Waals surface area contributed by atoms with E-state index >= 15 is 0 Å². The van der Waals surface area contributed by atoms with Gasteiger partial charge in [-0.25, -0.2) is 4.98 Å². The first-order valence-electron chi connectivity index (χ1n) is 10.4. The molecule has 0 aliphatic carbocycles. The smallest absolute Gasteiger partial charge is 0.222 e. The highest BCUT2D eigenvalue weighted by molar-refractivity contribution is 5.76. The summed E-state index contributed by atoms with van der Waals surface area (Å²) >= 11 is 0. The Balaban J connectivity index is 1.34. The second kappa shape index (κ2) is 9.51. The van der Waals surface area contributed by atoms with Gasteiger partial charge >= 0.3 is 0 Å². The lowest BCUT2D eigenvalue weighted by Gasteiger charge is -2.35. The Labute approximate surface area is 158 Å². The molecule has 1 aromatic rings. The molecule has 0 radical (unpaired) electrons. The Kier molecular flexibility index (Phi) is 7.08. The molecule has 3 heterocycles. The molecule has 0 bridgehead atoms. The van der Waals surface area contributed by atoms with Gasteiger partial charge in [-0.2, -0.15) is 0 Å². The molecule has 0 atom stereocenters. The van der Waals surface area contributed by atoms with Crippen LogP contribution in [0.3, 0.4) is 0 Å². The van der Waals surface area contributed by atoms with E-state index in [9.17, 15) is 4.79 Å². The number of piperidine rings is 1. The Morgan fingerprint density at radius 3 is 2.42 bits per heavy atom. The van der Waals surface area contributed by atoms with Crippen LogP contribution in [0.4, 0.5) is 0 Å². The molecular formula is C20H35N5O. The molecule has 2 aliphatic heterocycles. The summed E-state index contributed by atoms with van der Waals surface area (Å²) < 4.78 is 2.23. The molecule has 2 fully saturated rings. The molecule has 2 saturated heterocycles. The fraction of sp³-hybridized carbons (Fsp3) is 0.800. The second-order valence-electron chi connectivity index (χ2n) is 7.70. The third kappa shape index (κ3) is 5.07. The highest BCUT2D eigenvalue weighted by Crippen LogP contribution is 2.23. The van der Waals surface area contributed by atoms with Crippen molar-refractivity contribution in [3.63, 3.8) is 0 Å². The molecule has 6 nitrogen and oxygen atoms in total. The van der Waals surface area contributed by atoms with E-state index in [1.54, 1.807) is 0 Å². The largest absolute Gasteiger partial charge is 0.340 e. The molecule has 3 rings (SSSR count). The van der Waals surface area contributed by atoms with Crippen molar-refractivity contribution in [1.82, 2.24) is 24.3 Å². The number of aromatic nitrogens is 2. The minimum atomic E-state index is 0.369. The number of likely N-dealkylation sites (tertiary alicyclic amines) is 1. The number of aryl methyl sites for hydroxylation is 1. The summed E-state index contributed by atoms with van der Waals surface area (Å²) in [7, 11) is 0. The lowest BCUT2D eigenvalue weighted by atomic mass is 9.92. The zero-order valence-corrected chi connectivity index (χ0v) is 16.6. The third-order valence-electron chi connectivity index (χ3n) is 6.15. The van der Waals surface area contributed by atoms with Crippen LogP contribution in [0.5, 0.6) is 0 Å². The lowest BCUT2D eigenvalue weighted by molar-refractivity contribution is -0.133. The Hall–Kier alpha value is -1.40. The summed E-state index contributed by atoms with van der Waals surface area (Å²) in [5.41, 5.74) is 0. The van der Waals surface area contributed by atoms with Gasteiger partial charge in [-0.1, -0.05) is 6.92 Å². The van der Waals surface area contributed by atoms with Gasteiger partial charge < -0.3 is 14.4 Å². The molecule has 26 heavy (non-hydrogen) atoms. The van der Waals surface area contributed by atoms with Crippen LogP contribution in [-0.2, 0) is 17.9 Å². The van der Waals surface area contributed by atoms with Gasteiger partial charge in [0.05, 0.1) is 6.54 Å². The van der Waals surface area contributed by atoms with Crippen LogP contribution in [0.15, 0.2) is 12.4 Å². The van der Waals surface area contributed by atoms with Crippen molar-refractivity contribution in [2.45, 2.75) is 52.6 Å². The summed E-state index contributed by atoms with van der Waals surface area (Å²) in [4.78, 5) is 24.0. The first-order chi connectivity index (χ1) is 12.7. The predicted molar refractivity (Wildman–Crippen MR) is 104 cm³/mol. The zero-order chi connectivity index (χ0) is 18.4. The standard InChI is InChI=1S/C20H35N5O/c1-3-22-13-15-25(16-14-22)20(26)6-5-18-7-10-23(11-8-18)17-19-21-9-12-24(19)4-2/h9,12,18H,3-8,10-11,13-17H2,1-2H3. The highest BCUT2D eigenvalue weighted by atomic mass is 16.2. The maximum atomic E-state index is 12.5. The number of nitrogens with zero attached hydrogens (tertiary/aromatic N) is 5. The van der Waals surface area contributed by atoms with E-state index in [2.05, 4.69) is 44.3 Å². The Morgan fingerprint density at radius 1 is 1.04 bits per heavy atom. The fourth-order valence-corrected chi connectivity index (χ4v) is 4.21. The number of rotatable bonds is 7. The van der Waals surface area contributed by atoms with E-state index in [1.807, 2.05) is 6.20 Å². The van der Waals surface area contributed by atoms with Crippen LogP contribution in [0.25, 0.3) is 0 Å². The van der Waals surface area contributed by atoms with Crippen LogP contribution in [0.1, 0.15) is 45.4 Å². The average Bonchev–Trinajstić information content (AvgIpc) is 3.14. The number of amides is 1. The number of hydrogen-bond donors (Lipinski definition) is 0. The summed E-state index contributed by atoms with van der Waals surface area (Å²) in [6.07, 6.45) is 8.18. The maximum absolute atomic E-state index is 12.5. The number of imidazole rings is 1. The molecule has 1 amide bonds. The molecule has 0 spiro atoms. The summed E-state index contributed by atoms with van der Waals surface area (Å²) in [6, 6.07) is 0. The van der Waals surface area contributed by atoms with Gasteiger partial charge in [0.1, 0.15) is 5.82 Å². The van der Waals surface area contributed by atoms with Gasteiger partial charge in [0.15, 0.2) is 0 Å². The molecule has 6 heteroatoms. The maximum Gasteiger partial charge on any atom is 0.222 e. The second-order valence-corrected chi connectivity index (χ2v) is 7.70. The van der Waals surface area contributed by atoms with Gasteiger partial charge in [0.2, 0.25) is 5.91 Å². The molecule has 0 saturated carbocycles. The lowest BCUT2D eigenvalue weighted by Crippen LogP contribution is -2.48. The van der Waals surface area contributed by atoms with E-state index < -0.39 is 0 Å². The molecule has 2 aliphatic rings. The zero-order valence-electron chi connectivity index (χ0n) is 16.6. The SMILES string of the molecule is CCN1CCN(C(=O)CCC2CCN(Cc3nccn3CC)CC2)CC1. The number of hydrogen-bond acceptors (Lipinski definition) is 4. The van der Waals surface area contributed by atoms with Crippen LogP contribution in [0, 0.1) is 5.92 Å². The van der Waals surface area contributed by atoms with Crippen molar-refractivity contribution in [1.29, 1.82) is 0 Å². The Morgan fingerprint density at radius 2 is 1.77 bits per heavy atom. The molecule has 0 unspecified atom stereocenters. The van der Waals surface area contributed by atoms with Crippen LogP contribution < -0.4 is 0 Å². The van der Waals surface area contributed by atoms with Crippen LogP contribution in [-0.4, -0.2) is 76.0 Å². The highest BCUT2D eigenvalue weighted by Gasteiger charge is 2.24. The molecule has 0 aromatic carbocycles. The Bertz CT molecular complexity index is 556. The predicted octanol–water partition coefficient (Wildman–Crippen LogP) is 2.06. The van der Waals surface area contributed by atoms with Crippen molar-refractivity contribution < 1.29 is 4.79 Å². The normalized spacial score (nSPS) is 20.6. The first-order valence-corrected chi connectivity index (χ1v) is 10.4. The first kappa shape index (κ1) is 19.4. The molecule has 1 aromatic heterocycles. The van der Waals surface area contributed by atoms with Gasteiger partial charge in [0, 0.05) is 51.5 Å². The molecular weight excluding hydrogens is 326 g/mol. The van der Waals surface area contributed by atoms with Gasteiger partial charge in [-0.05, 0) is 51.7 Å². The minimum Gasteiger partial charge on any atom is -0.340 e. The number of piperazine rings is 1. The summed E-state index contributed by atoms with van der Waals surface area (Å²) in [6.45, 7) is 13.5. The van der Waals surface area contributed by atoms with Gasteiger partial charge in [-0.3, -0.25) is 9.69 Å². The van der Waals surface area contributed by atoms with E-state index in [0.29, 0.717) is 11.8 Å². The third-order valence-corrected chi connectivity index (χ3v) is 6.15. The van der Waals surface area contributed by atoms with Gasteiger partial charge in [0.25, 0.3) is 0 Å². The van der Waals surface area contributed by atoms with E-state index in [-0.39, 0.29) is 0 Å². The molecule has 0 N–H and O–H groups in total. The summed E-state index contributed by atoms with van der Waals surface area (Å²) in [5, 5.41) is 0. The van der Waals surface area contributed by atoms with Crippen molar-refractivity contribution in [2.75, 3.05) is 45.8 Å². The van der Waals surface area contributed by atoms with Crippen molar-refractivity contribution in [2.24, 2.45) is 5.92 Å². The average molecular weight is 362 g/mol. The van der Waals surface area contributed by atoms with E-state index in [1.165, 1.54) is 18.7 Å². The van der Waals surface area contributed by atoms with Crippen LogP contribution in [0.2, 0.25) is 0 Å².